The van der Waals surface area contributed by atoms with Crippen molar-refractivity contribution in [3.63, 3.8) is 0 Å². The Morgan fingerprint density at radius 1 is 1.40 bits per heavy atom. The minimum Gasteiger partial charge on any atom is -0.368 e. The Morgan fingerprint density at radius 2 is 1.90 bits per heavy atom. The van der Waals surface area contributed by atoms with E-state index in [1.54, 1.807) is 0 Å². The fraction of sp³-hybridized carbons (Fsp3) is 0.167. The smallest absolute Gasteiger partial charge is 0.219 e. The standard InChI is InChI=1S/C5H5N3O.CH4/c6-5-7-1-4(3-9)2-8-5;/h1-3H,(H2,6,7,8);1H4. The molecule has 1 heterocycles. The summed E-state index contributed by atoms with van der Waals surface area (Å²) in [7, 11) is 0. The van der Waals surface area contributed by atoms with Gasteiger partial charge in [-0.05, 0) is 0 Å². The summed E-state index contributed by atoms with van der Waals surface area (Å²) in [6.45, 7) is 0. The highest BCUT2D eigenvalue weighted by atomic mass is 16.1. The number of rotatable bonds is 1. The Bertz CT molecular complexity index is 207. The number of carbonyl (C=O) groups is 1. The van der Waals surface area contributed by atoms with Crippen LogP contribution < -0.4 is 5.73 Å². The molecule has 0 radical (unpaired) electrons. The first-order valence-corrected chi connectivity index (χ1v) is 2.35. The van der Waals surface area contributed by atoms with Crippen LogP contribution in [0.3, 0.4) is 0 Å². The number of carbonyl (C=O) groups excluding carboxylic acids is 1. The molecule has 0 atom stereocenters. The molecule has 0 amide bonds. The minimum atomic E-state index is 0. The molecule has 4 heteroatoms. The fourth-order valence-corrected chi connectivity index (χ4v) is 0.409. The van der Waals surface area contributed by atoms with Crippen molar-refractivity contribution in [3.05, 3.63) is 18.0 Å². The van der Waals surface area contributed by atoms with Crippen LogP contribution in [0.5, 0.6) is 0 Å². The van der Waals surface area contributed by atoms with Crippen molar-refractivity contribution in [3.8, 4) is 0 Å². The third kappa shape index (κ3) is 1.81. The maximum Gasteiger partial charge on any atom is 0.219 e. The predicted octanol–water partition coefficient (Wildman–Crippen LogP) is 0.507. The Balaban J connectivity index is 0.000000810. The zero-order valence-electron chi connectivity index (χ0n) is 4.61. The van der Waals surface area contributed by atoms with Gasteiger partial charge in [-0.1, -0.05) is 7.43 Å². The van der Waals surface area contributed by atoms with E-state index in [0.29, 0.717) is 11.8 Å². The van der Waals surface area contributed by atoms with Crippen molar-refractivity contribution in [2.75, 3.05) is 5.73 Å². The third-order valence-corrected chi connectivity index (χ3v) is 0.828. The van der Waals surface area contributed by atoms with Gasteiger partial charge in [0.2, 0.25) is 5.95 Å². The van der Waals surface area contributed by atoms with E-state index in [1.807, 2.05) is 0 Å². The summed E-state index contributed by atoms with van der Waals surface area (Å²) in [4.78, 5) is 17.2. The highest BCUT2D eigenvalue weighted by Crippen LogP contribution is 1.90. The molecule has 0 aliphatic rings. The lowest BCUT2D eigenvalue weighted by molar-refractivity contribution is 0.112. The number of hydrogen-bond donors (Lipinski definition) is 1. The molecule has 1 aromatic heterocycles. The molecular formula is C6H9N3O. The molecule has 0 spiro atoms. The van der Waals surface area contributed by atoms with Crippen LogP contribution in [0.2, 0.25) is 0 Å². The first-order chi connectivity index (χ1) is 4.33. The van der Waals surface area contributed by atoms with Gasteiger partial charge in [-0.3, -0.25) is 4.79 Å². The van der Waals surface area contributed by atoms with Crippen molar-refractivity contribution >= 4 is 12.2 Å². The van der Waals surface area contributed by atoms with Crippen molar-refractivity contribution in [1.29, 1.82) is 0 Å². The Kier molecular flexibility index (Phi) is 3.04. The monoisotopic (exact) mass is 139 g/mol. The molecule has 54 valence electrons. The molecular weight excluding hydrogens is 130 g/mol. The van der Waals surface area contributed by atoms with Gasteiger partial charge in [-0.2, -0.15) is 0 Å². The number of nitrogen functional groups attached to an aromatic ring is 1. The second-order valence-corrected chi connectivity index (χ2v) is 1.49. The zero-order chi connectivity index (χ0) is 6.69. The lowest BCUT2D eigenvalue weighted by atomic mass is 10.4. The van der Waals surface area contributed by atoms with E-state index in [0.717, 1.165) is 0 Å². The second kappa shape index (κ2) is 3.55. The first kappa shape index (κ1) is 8.55. The van der Waals surface area contributed by atoms with Gasteiger partial charge in [0.25, 0.3) is 0 Å². The van der Waals surface area contributed by atoms with Crippen LogP contribution in [-0.4, -0.2) is 16.3 Å². The molecule has 0 aliphatic carbocycles. The Labute approximate surface area is 59.1 Å². The van der Waals surface area contributed by atoms with Gasteiger partial charge in [0, 0.05) is 12.4 Å². The van der Waals surface area contributed by atoms with Gasteiger partial charge >= 0.3 is 0 Å². The van der Waals surface area contributed by atoms with Gasteiger partial charge < -0.3 is 5.73 Å². The van der Waals surface area contributed by atoms with Crippen LogP contribution in [0.15, 0.2) is 12.4 Å². The van der Waals surface area contributed by atoms with E-state index in [4.69, 9.17) is 5.73 Å². The quantitative estimate of drug-likeness (QED) is 0.575. The molecule has 1 aromatic rings. The summed E-state index contributed by atoms with van der Waals surface area (Å²) >= 11 is 0. The van der Waals surface area contributed by atoms with Crippen LogP contribution in [-0.2, 0) is 0 Å². The van der Waals surface area contributed by atoms with E-state index in [9.17, 15) is 4.79 Å². The lowest BCUT2D eigenvalue weighted by Crippen LogP contribution is -1.94. The van der Waals surface area contributed by atoms with Gasteiger partial charge in [0.05, 0.1) is 5.56 Å². The second-order valence-electron chi connectivity index (χ2n) is 1.49. The van der Waals surface area contributed by atoms with Crippen LogP contribution >= 0.6 is 0 Å². The molecule has 0 aliphatic heterocycles. The molecule has 0 saturated heterocycles. The highest BCUT2D eigenvalue weighted by molar-refractivity contribution is 5.73. The lowest BCUT2D eigenvalue weighted by Gasteiger charge is -1.87. The van der Waals surface area contributed by atoms with Crippen molar-refractivity contribution in [1.82, 2.24) is 9.97 Å². The summed E-state index contributed by atoms with van der Waals surface area (Å²) in [6.07, 6.45) is 3.41. The maximum atomic E-state index is 10.00. The maximum absolute atomic E-state index is 10.00. The van der Waals surface area contributed by atoms with Crippen molar-refractivity contribution < 1.29 is 4.79 Å². The molecule has 0 fully saturated rings. The molecule has 4 nitrogen and oxygen atoms in total. The Hall–Kier alpha value is -1.45. The fourth-order valence-electron chi connectivity index (χ4n) is 0.409. The van der Waals surface area contributed by atoms with E-state index < -0.39 is 0 Å². The van der Waals surface area contributed by atoms with E-state index in [1.165, 1.54) is 12.4 Å². The number of hydrogen-bond acceptors (Lipinski definition) is 4. The van der Waals surface area contributed by atoms with Gasteiger partial charge in [-0.15, -0.1) is 0 Å². The first-order valence-electron chi connectivity index (χ1n) is 2.35. The highest BCUT2D eigenvalue weighted by Gasteiger charge is 1.88. The van der Waals surface area contributed by atoms with E-state index in [-0.39, 0.29) is 13.4 Å². The van der Waals surface area contributed by atoms with Gasteiger partial charge in [0.1, 0.15) is 0 Å². The minimum absolute atomic E-state index is 0. The number of aldehydes is 1. The normalized spacial score (nSPS) is 8.00. The number of anilines is 1. The number of aromatic nitrogens is 2. The van der Waals surface area contributed by atoms with Crippen molar-refractivity contribution in [2.24, 2.45) is 0 Å². The summed E-state index contributed by atoms with van der Waals surface area (Å²) in [6, 6.07) is 0. The number of nitrogens with two attached hydrogens (primary N) is 1. The predicted molar refractivity (Wildman–Crippen MR) is 38.6 cm³/mol. The van der Waals surface area contributed by atoms with Crippen LogP contribution in [0.1, 0.15) is 17.8 Å². The zero-order valence-corrected chi connectivity index (χ0v) is 4.61. The molecule has 1 rings (SSSR count). The molecule has 0 aromatic carbocycles. The van der Waals surface area contributed by atoms with E-state index >= 15 is 0 Å². The molecule has 0 bridgehead atoms. The van der Waals surface area contributed by atoms with Crippen molar-refractivity contribution in [2.45, 2.75) is 7.43 Å². The van der Waals surface area contributed by atoms with Crippen LogP contribution in [0.25, 0.3) is 0 Å². The Morgan fingerprint density at radius 3 is 2.30 bits per heavy atom. The van der Waals surface area contributed by atoms with Crippen LogP contribution in [0.4, 0.5) is 5.95 Å². The molecule has 0 unspecified atom stereocenters. The average molecular weight is 139 g/mol. The number of nitrogens with zero attached hydrogens (tertiary/aromatic N) is 2. The molecule has 10 heavy (non-hydrogen) atoms. The average Bonchev–Trinajstić information content (AvgIpc) is 1.90. The summed E-state index contributed by atoms with van der Waals surface area (Å²) in [5.41, 5.74) is 5.58. The summed E-state index contributed by atoms with van der Waals surface area (Å²) < 4.78 is 0. The van der Waals surface area contributed by atoms with Gasteiger partial charge in [0.15, 0.2) is 6.29 Å². The van der Waals surface area contributed by atoms with Crippen LogP contribution in [0, 0.1) is 0 Å². The third-order valence-electron chi connectivity index (χ3n) is 0.828. The largest absolute Gasteiger partial charge is 0.368 e. The summed E-state index contributed by atoms with van der Waals surface area (Å²) in [5.74, 6) is 0.181. The molecule has 2 N–H and O–H groups in total. The SMILES string of the molecule is C.Nc1ncc(C=O)cn1. The molecule has 0 saturated carbocycles. The summed E-state index contributed by atoms with van der Waals surface area (Å²) in [5, 5.41) is 0. The van der Waals surface area contributed by atoms with Gasteiger partial charge in [-0.25, -0.2) is 9.97 Å². The topological polar surface area (TPSA) is 68.9 Å². The van der Waals surface area contributed by atoms with E-state index in [2.05, 4.69) is 9.97 Å².